The third kappa shape index (κ3) is 2.05. The van der Waals surface area contributed by atoms with Crippen molar-refractivity contribution in [1.82, 2.24) is 0 Å². The number of para-hydroxylation sites is 1. The van der Waals surface area contributed by atoms with Gasteiger partial charge in [-0.05, 0) is 39.0 Å². The van der Waals surface area contributed by atoms with Crippen LogP contribution in [-0.4, -0.2) is 23.5 Å². The van der Waals surface area contributed by atoms with Gasteiger partial charge in [0, 0.05) is 16.7 Å². The zero-order chi connectivity index (χ0) is 14.3. The van der Waals surface area contributed by atoms with Crippen LogP contribution in [0.15, 0.2) is 40.2 Å². The topological polar surface area (TPSA) is 57.6 Å². The average molecular weight is 352 g/mol. The highest BCUT2D eigenvalue weighted by molar-refractivity contribution is 9.10. The highest BCUT2D eigenvalue weighted by Gasteiger charge is 2.37. The van der Waals surface area contributed by atoms with Gasteiger partial charge in [0.2, 0.25) is 0 Å². The van der Waals surface area contributed by atoms with Crippen LogP contribution in [0.2, 0.25) is 0 Å². The van der Waals surface area contributed by atoms with Gasteiger partial charge in [-0.15, -0.1) is 11.3 Å². The first kappa shape index (κ1) is 13.3. The minimum absolute atomic E-state index is 0.164. The lowest BCUT2D eigenvalue weighted by molar-refractivity contribution is -0.138. The van der Waals surface area contributed by atoms with Crippen LogP contribution >= 0.6 is 27.3 Å². The van der Waals surface area contributed by atoms with Gasteiger partial charge < -0.3 is 10.0 Å². The van der Waals surface area contributed by atoms with Crippen molar-refractivity contribution in [2.24, 2.45) is 0 Å². The van der Waals surface area contributed by atoms with Gasteiger partial charge in [-0.25, -0.2) is 0 Å². The zero-order valence-electron chi connectivity index (χ0n) is 10.2. The fourth-order valence-corrected chi connectivity index (χ4v) is 3.87. The van der Waals surface area contributed by atoms with Crippen molar-refractivity contribution in [1.29, 1.82) is 0 Å². The Labute approximate surface area is 127 Å². The summed E-state index contributed by atoms with van der Waals surface area (Å²) in [7, 11) is 0. The van der Waals surface area contributed by atoms with Gasteiger partial charge in [0.1, 0.15) is 10.8 Å². The SMILES string of the molecule is O=C(O)C1CN(C(=O)c2sccc2Br)c2ccccc21. The Hall–Kier alpha value is -1.66. The van der Waals surface area contributed by atoms with Crippen molar-refractivity contribution in [3.8, 4) is 0 Å². The lowest BCUT2D eigenvalue weighted by Gasteiger charge is -2.16. The number of hydrogen-bond acceptors (Lipinski definition) is 3. The lowest BCUT2D eigenvalue weighted by atomic mass is 10.0. The number of aliphatic carboxylic acids is 1. The van der Waals surface area contributed by atoms with Crippen LogP contribution in [-0.2, 0) is 4.79 Å². The van der Waals surface area contributed by atoms with E-state index in [9.17, 15) is 14.7 Å². The number of nitrogens with zero attached hydrogens (tertiary/aromatic N) is 1. The number of carboxylic acid groups (broad SMARTS) is 1. The molecule has 1 aliphatic rings. The molecule has 1 aromatic carbocycles. The summed E-state index contributed by atoms with van der Waals surface area (Å²) in [5.74, 6) is -1.73. The molecule has 2 aromatic rings. The average Bonchev–Trinajstić information content (AvgIpc) is 3.01. The molecule has 2 heterocycles. The third-order valence-corrected chi connectivity index (χ3v) is 5.15. The second-order valence-electron chi connectivity index (χ2n) is 4.46. The lowest BCUT2D eigenvalue weighted by Crippen LogP contribution is -2.30. The minimum Gasteiger partial charge on any atom is -0.481 e. The quantitative estimate of drug-likeness (QED) is 0.902. The number of carboxylic acids is 1. The summed E-state index contributed by atoms with van der Waals surface area (Å²) < 4.78 is 0.740. The number of fused-ring (bicyclic) bond motifs is 1. The Morgan fingerprint density at radius 1 is 1.30 bits per heavy atom. The monoisotopic (exact) mass is 351 g/mol. The van der Waals surface area contributed by atoms with E-state index in [1.807, 2.05) is 17.5 Å². The summed E-state index contributed by atoms with van der Waals surface area (Å²) in [5, 5.41) is 11.1. The zero-order valence-corrected chi connectivity index (χ0v) is 12.6. The largest absolute Gasteiger partial charge is 0.481 e. The molecule has 0 saturated heterocycles. The molecule has 20 heavy (non-hydrogen) atoms. The van der Waals surface area contributed by atoms with Gasteiger partial charge in [-0.3, -0.25) is 9.59 Å². The molecule has 1 unspecified atom stereocenters. The normalized spacial score (nSPS) is 17.1. The van der Waals surface area contributed by atoms with E-state index in [1.54, 1.807) is 23.1 Å². The molecule has 102 valence electrons. The van der Waals surface area contributed by atoms with Crippen LogP contribution in [0.4, 0.5) is 5.69 Å². The van der Waals surface area contributed by atoms with Crippen LogP contribution in [0.25, 0.3) is 0 Å². The fraction of sp³-hybridized carbons (Fsp3) is 0.143. The molecule has 0 saturated carbocycles. The van der Waals surface area contributed by atoms with Gasteiger partial charge >= 0.3 is 5.97 Å². The van der Waals surface area contributed by atoms with Crippen molar-refractivity contribution < 1.29 is 14.7 Å². The highest BCUT2D eigenvalue weighted by Crippen LogP contribution is 2.38. The molecule has 1 amide bonds. The van der Waals surface area contributed by atoms with E-state index in [0.717, 1.165) is 4.47 Å². The Balaban J connectivity index is 2.03. The molecular formula is C14H10BrNO3S. The highest BCUT2D eigenvalue weighted by atomic mass is 79.9. The molecule has 1 aromatic heterocycles. The Kier molecular flexibility index (Phi) is 3.35. The van der Waals surface area contributed by atoms with Gasteiger partial charge in [-0.2, -0.15) is 0 Å². The first-order valence-corrected chi connectivity index (χ1v) is 7.63. The number of carbonyl (C=O) groups is 2. The van der Waals surface area contributed by atoms with Crippen LogP contribution in [0.1, 0.15) is 21.2 Å². The van der Waals surface area contributed by atoms with Crippen LogP contribution in [0, 0.1) is 0 Å². The van der Waals surface area contributed by atoms with E-state index in [4.69, 9.17) is 0 Å². The third-order valence-electron chi connectivity index (χ3n) is 3.32. The van der Waals surface area contributed by atoms with E-state index >= 15 is 0 Å². The maximum Gasteiger partial charge on any atom is 0.312 e. The van der Waals surface area contributed by atoms with E-state index in [2.05, 4.69) is 15.9 Å². The first-order chi connectivity index (χ1) is 9.59. The molecule has 6 heteroatoms. The summed E-state index contributed by atoms with van der Waals surface area (Å²) in [4.78, 5) is 26.0. The summed E-state index contributed by atoms with van der Waals surface area (Å²) >= 11 is 4.69. The molecule has 0 bridgehead atoms. The maximum atomic E-state index is 12.6. The molecule has 0 spiro atoms. The molecule has 0 fully saturated rings. The molecule has 1 atom stereocenters. The second-order valence-corrected chi connectivity index (χ2v) is 6.23. The van der Waals surface area contributed by atoms with Crippen molar-refractivity contribution in [2.75, 3.05) is 11.4 Å². The number of hydrogen-bond donors (Lipinski definition) is 1. The number of halogens is 1. The predicted octanol–water partition coefficient (Wildman–Crippen LogP) is 3.34. The van der Waals surface area contributed by atoms with Gasteiger partial charge in [0.05, 0.1) is 0 Å². The summed E-state index contributed by atoms with van der Waals surface area (Å²) in [6, 6.07) is 8.98. The summed E-state index contributed by atoms with van der Waals surface area (Å²) in [6.45, 7) is 0.178. The van der Waals surface area contributed by atoms with Crippen molar-refractivity contribution in [3.05, 3.63) is 50.6 Å². The van der Waals surface area contributed by atoms with Gasteiger partial charge in [-0.1, -0.05) is 18.2 Å². The fourth-order valence-electron chi connectivity index (χ4n) is 2.38. The molecule has 0 aliphatic carbocycles. The number of benzene rings is 1. The van der Waals surface area contributed by atoms with Gasteiger partial charge in [0.25, 0.3) is 5.91 Å². The van der Waals surface area contributed by atoms with Gasteiger partial charge in [0.15, 0.2) is 0 Å². The predicted molar refractivity (Wildman–Crippen MR) is 80.5 cm³/mol. The van der Waals surface area contributed by atoms with Crippen LogP contribution in [0.5, 0.6) is 0 Å². The van der Waals surface area contributed by atoms with Crippen molar-refractivity contribution in [2.45, 2.75) is 5.92 Å². The maximum absolute atomic E-state index is 12.6. The number of rotatable bonds is 2. The molecule has 1 aliphatic heterocycles. The van der Waals surface area contributed by atoms with Crippen LogP contribution in [0.3, 0.4) is 0 Å². The van der Waals surface area contributed by atoms with Crippen LogP contribution < -0.4 is 4.90 Å². The summed E-state index contributed by atoms with van der Waals surface area (Å²) in [6.07, 6.45) is 0. The number of carbonyl (C=O) groups excluding carboxylic acids is 1. The molecule has 3 rings (SSSR count). The van der Waals surface area contributed by atoms with E-state index in [1.165, 1.54) is 11.3 Å². The Bertz CT molecular complexity index is 697. The Morgan fingerprint density at radius 3 is 2.70 bits per heavy atom. The standard InChI is InChI=1S/C14H10BrNO3S/c15-10-5-6-20-12(10)13(17)16-7-9(14(18)19)8-3-1-2-4-11(8)16/h1-6,9H,7H2,(H,18,19). The van der Waals surface area contributed by atoms with E-state index in [-0.39, 0.29) is 12.5 Å². The second kappa shape index (κ2) is 5.03. The van der Waals surface area contributed by atoms with Crippen molar-refractivity contribution in [3.63, 3.8) is 0 Å². The molecule has 1 N–H and O–H groups in total. The minimum atomic E-state index is -0.905. The van der Waals surface area contributed by atoms with Crippen molar-refractivity contribution >= 4 is 44.8 Å². The number of amides is 1. The summed E-state index contributed by atoms with van der Waals surface area (Å²) in [5.41, 5.74) is 1.38. The molecule has 0 radical (unpaired) electrons. The first-order valence-electron chi connectivity index (χ1n) is 5.96. The Morgan fingerprint density at radius 2 is 2.05 bits per heavy atom. The molecular weight excluding hydrogens is 342 g/mol. The number of anilines is 1. The number of thiophene rings is 1. The molecule has 4 nitrogen and oxygen atoms in total. The van der Waals surface area contributed by atoms with E-state index in [0.29, 0.717) is 16.1 Å². The van der Waals surface area contributed by atoms with E-state index < -0.39 is 11.9 Å². The smallest absolute Gasteiger partial charge is 0.312 e.